The number of aromatic carboxylic acids is 1. The lowest BCUT2D eigenvalue weighted by Gasteiger charge is -2.23. The number of carboxylic acids is 1. The number of nitrogens with zero attached hydrogens (tertiary/aromatic N) is 1. The van der Waals surface area contributed by atoms with E-state index in [0.717, 1.165) is 6.42 Å². The smallest absolute Gasteiger partial charge is 0.335 e. The predicted molar refractivity (Wildman–Crippen MR) is 101 cm³/mol. The quantitative estimate of drug-likeness (QED) is 0.793. The zero-order valence-electron chi connectivity index (χ0n) is 14.8. The number of hydrogen-bond donors (Lipinski definition) is 2. The SMILES string of the molecule is COCc1cc(NC(=O)C2CCCN2C(=O)c2cccs2)cc(C(=O)O)c1. The molecule has 1 aliphatic heterocycles. The van der Waals surface area contributed by atoms with Gasteiger partial charge in [0.15, 0.2) is 0 Å². The van der Waals surface area contributed by atoms with Crippen LogP contribution in [0, 0.1) is 0 Å². The summed E-state index contributed by atoms with van der Waals surface area (Å²) >= 11 is 1.35. The summed E-state index contributed by atoms with van der Waals surface area (Å²) < 4.78 is 5.05. The number of ether oxygens (including phenoxy) is 1. The third-order valence-corrected chi connectivity index (χ3v) is 5.22. The largest absolute Gasteiger partial charge is 0.478 e. The van der Waals surface area contributed by atoms with E-state index in [0.29, 0.717) is 29.1 Å². The number of benzene rings is 1. The summed E-state index contributed by atoms with van der Waals surface area (Å²) in [6.07, 6.45) is 1.33. The van der Waals surface area contributed by atoms with Crippen molar-refractivity contribution in [1.29, 1.82) is 0 Å². The van der Waals surface area contributed by atoms with Crippen molar-refractivity contribution >= 4 is 34.8 Å². The second kappa shape index (κ2) is 8.32. The molecule has 1 fully saturated rings. The van der Waals surface area contributed by atoms with Gasteiger partial charge in [0, 0.05) is 19.3 Å². The van der Waals surface area contributed by atoms with Gasteiger partial charge in [-0.3, -0.25) is 9.59 Å². The Labute approximate surface area is 160 Å². The number of hydrogen-bond acceptors (Lipinski definition) is 5. The van der Waals surface area contributed by atoms with E-state index < -0.39 is 12.0 Å². The molecule has 1 saturated heterocycles. The van der Waals surface area contributed by atoms with Crippen LogP contribution in [0.3, 0.4) is 0 Å². The fourth-order valence-electron chi connectivity index (χ4n) is 3.19. The number of carbonyl (C=O) groups is 3. The first kappa shape index (κ1) is 19.1. The molecule has 1 atom stereocenters. The lowest BCUT2D eigenvalue weighted by atomic mass is 10.1. The zero-order chi connectivity index (χ0) is 19.4. The summed E-state index contributed by atoms with van der Waals surface area (Å²) in [4.78, 5) is 38.9. The maximum Gasteiger partial charge on any atom is 0.335 e. The Morgan fingerprint density at radius 1 is 1.33 bits per heavy atom. The third-order valence-electron chi connectivity index (χ3n) is 4.37. The van der Waals surface area contributed by atoms with Crippen LogP contribution < -0.4 is 5.32 Å². The summed E-state index contributed by atoms with van der Waals surface area (Å²) in [5, 5.41) is 13.8. The average molecular weight is 388 g/mol. The first-order valence-electron chi connectivity index (χ1n) is 8.51. The molecule has 0 bridgehead atoms. The summed E-state index contributed by atoms with van der Waals surface area (Å²) in [6, 6.07) is 7.56. The first-order valence-corrected chi connectivity index (χ1v) is 9.39. The average Bonchev–Trinajstić information content (AvgIpc) is 3.33. The number of amides is 2. The van der Waals surface area contributed by atoms with Crippen molar-refractivity contribution in [2.45, 2.75) is 25.5 Å². The highest BCUT2D eigenvalue weighted by atomic mass is 32.1. The minimum atomic E-state index is -1.08. The number of methoxy groups -OCH3 is 1. The van der Waals surface area contributed by atoms with Gasteiger partial charge in [0.2, 0.25) is 5.91 Å². The van der Waals surface area contributed by atoms with Crippen LogP contribution in [0.25, 0.3) is 0 Å². The van der Waals surface area contributed by atoms with Gasteiger partial charge in [0.25, 0.3) is 5.91 Å². The minimum Gasteiger partial charge on any atom is -0.478 e. The van der Waals surface area contributed by atoms with E-state index in [2.05, 4.69) is 5.32 Å². The van der Waals surface area contributed by atoms with Gasteiger partial charge in [-0.25, -0.2) is 4.79 Å². The molecule has 1 unspecified atom stereocenters. The summed E-state index contributed by atoms with van der Waals surface area (Å²) in [6.45, 7) is 0.759. The van der Waals surface area contributed by atoms with Crippen molar-refractivity contribution in [2.24, 2.45) is 0 Å². The van der Waals surface area contributed by atoms with Gasteiger partial charge < -0.3 is 20.1 Å². The normalized spacial score (nSPS) is 16.3. The number of carbonyl (C=O) groups excluding carboxylic acids is 2. The van der Waals surface area contributed by atoms with E-state index in [1.54, 1.807) is 23.1 Å². The molecule has 3 rings (SSSR count). The number of anilines is 1. The predicted octanol–water partition coefficient (Wildman–Crippen LogP) is 2.84. The van der Waals surface area contributed by atoms with Gasteiger partial charge in [-0.2, -0.15) is 0 Å². The Morgan fingerprint density at radius 3 is 2.81 bits per heavy atom. The van der Waals surface area contributed by atoms with Crippen LogP contribution in [0.4, 0.5) is 5.69 Å². The molecule has 8 heteroatoms. The molecule has 1 aromatic carbocycles. The van der Waals surface area contributed by atoms with Crippen LogP contribution in [0.2, 0.25) is 0 Å². The fraction of sp³-hybridized carbons (Fsp3) is 0.316. The van der Waals surface area contributed by atoms with Gasteiger partial charge in [0.05, 0.1) is 17.0 Å². The molecule has 0 radical (unpaired) electrons. The Kier molecular flexibility index (Phi) is 5.88. The topological polar surface area (TPSA) is 95.9 Å². The fourth-order valence-corrected chi connectivity index (χ4v) is 3.87. The number of rotatable bonds is 6. The van der Waals surface area contributed by atoms with Gasteiger partial charge in [-0.15, -0.1) is 11.3 Å². The van der Waals surface area contributed by atoms with E-state index in [9.17, 15) is 19.5 Å². The van der Waals surface area contributed by atoms with Crippen molar-refractivity contribution in [1.82, 2.24) is 4.90 Å². The van der Waals surface area contributed by atoms with Crippen LogP contribution >= 0.6 is 11.3 Å². The van der Waals surface area contributed by atoms with Crippen LogP contribution in [0.15, 0.2) is 35.7 Å². The third kappa shape index (κ3) is 4.35. The Balaban J connectivity index is 1.78. The standard InChI is InChI=1S/C19H20N2O5S/c1-26-11-12-8-13(19(24)25)10-14(9-12)20-17(22)15-4-2-6-21(15)18(23)16-5-3-7-27-16/h3,5,7-10,15H,2,4,6,11H2,1H3,(H,20,22)(H,24,25). The molecule has 27 heavy (non-hydrogen) atoms. The van der Waals surface area contributed by atoms with Crippen molar-refractivity contribution in [3.8, 4) is 0 Å². The van der Waals surface area contributed by atoms with Gasteiger partial charge in [-0.1, -0.05) is 6.07 Å². The number of thiophene rings is 1. The summed E-state index contributed by atoms with van der Waals surface area (Å²) in [7, 11) is 1.51. The molecule has 0 spiro atoms. The van der Waals surface area contributed by atoms with E-state index in [1.165, 1.54) is 30.6 Å². The number of likely N-dealkylation sites (tertiary alicyclic amines) is 1. The van der Waals surface area contributed by atoms with Crippen LogP contribution in [-0.2, 0) is 16.1 Å². The molecular weight excluding hydrogens is 368 g/mol. The zero-order valence-corrected chi connectivity index (χ0v) is 15.6. The van der Waals surface area contributed by atoms with Crippen molar-refractivity contribution in [2.75, 3.05) is 19.0 Å². The Bertz CT molecular complexity index is 850. The molecule has 142 valence electrons. The molecule has 2 aromatic rings. The highest BCUT2D eigenvalue weighted by molar-refractivity contribution is 7.12. The highest BCUT2D eigenvalue weighted by Crippen LogP contribution is 2.24. The minimum absolute atomic E-state index is 0.0674. The lowest BCUT2D eigenvalue weighted by molar-refractivity contribution is -0.119. The van der Waals surface area contributed by atoms with Gasteiger partial charge in [-0.05, 0) is 48.1 Å². The number of nitrogens with one attached hydrogen (secondary N) is 1. The molecule has 2 heterocycles. The van der Waals surface area contributed by atoms with Crippen molar-refractivity contribution in [3.63, 3.8) is 0 Å². The molecule has 1 aliphatic rings. The maximum absolute atomic E-state index is 12.8. The van der Waals surface area contributed by atoms with Gasteiger partial charge >= 0.3 is 5.97 Å². The molecule has 2 amide bonds. The lowest BCUT2D eigenvalue weighted by Crippen LogP contribution is -2.43. The molecule has 7 nitrogen and oxygen atoms in total. The molecule has 1 aromatic heterocycles. The monoisotopic (exact) mass is 388 g/mol. The van der Waals surface area contributed by atoms with Crippen LogP contribution in [0.5, 0.6) is 0 Å². The van der Waals surface area contributed by atoms with Crippen molar-refractivity contribution in [3.05, 3.63) is 51.7 Å². The second-order valence-electron chi connectivity index (χ2n) is 6.28. The number of carboxylic acid groups (broad SMARTS) is 1. The second-order valence-corrected chi connectivity index (χ2v) is 7.23. The van der Waals surface area contributed by atoms with Crippen molar-refractivity contribution < 1.29 is 24.2 Å². The molecular formula is C19H20N2O5S. The van der Waals surface area contributed by atoms with E-state index in [-0.39, 0.29) is 24.0 Å². The molecule has 0 saturated carbocycles. The first-order chi connectivity index (χ1) is 13.0. The molecule has 0 aliphatic carbocycles. The molecule has 2 N–H and O–H groups in total. The van der Waals surface area contributed by atoms with E-state index in [4.69, 9.17) is 4.74 Å². The van der Waals surface area contributed by atoms with Gasteiger partial charge in [0.1, 0.15) is 6.04 Å². The maximum atomic E-state index is 12.8. The summed E-state index contributed by atoms with van der Waals surface area (Å²) in [5.41, 5.74) is 1.09. The summed E-state index contributed by atoms with van der Waals surface area (Å²) in [5.74, 6) is -1.55. The highest BCUT2D eigenvalue weighted by Gasteiger charge is 2.35. The van der Waals surface area contributed by atoms with E-state index in [1.807, 2.05) is 5.38 Å². The van der Waals surface area contributed by atoms with E-state index >= 15 is 0 Å². The van der Waals surface area contributed by atoms with Crippen LogP contribution in [0.1, 0.15) is 38.4 Å². The van der Waals surface area contributed by atoms with Crippen LogP contribution in [-0.4, -0.2) is 47.5 Å². The Morgan fingerprint density at radius 2 is 2.15 bits per heavy atom. The Hall–Kier alpha value is -2.71.